The summed E-state index contributed by atoms with van der Waals surface area (Å²) in [4.78, 5) is 0. The summed E-state index contributed by atoms with van der Waals surface area (Å²) in [5.41, 5.74) is -2.41. The van der Waals surface area contributed by atoms with Gasteiger partial charge < -0.3 is 40.9 Å². The number of rotatable bonds is 6. The van der Waals surface area contributed by atoms with Crippen LogP contribution in [-0.2, 0) is 0 Å². The van der Waals surface area contributed by atoms with E-state index in [4.69, 9.17) is 30.6 Å². The highest BCUT2D eigenvalue weighted by Crippen LogP contribution is 2.36. The van der Waals surface area contributed by atoms with E-state index in [-0.39, 0.29) is 33.0 Å². The van der Waals surface area contributed by atoms with Crippen LogP contribution in [0.15, 0.2) is 0 Å². The van der Waals surface area contributed by atoms with Crippen molar-refractivity contribution in [1.82, 2.24) is 0 Å². The summed E-state index contributed by atoms with van der Waals surface area (Å²) < 4.78 is 0. The Morgan fingerprint density at radius 3 is 1.20 bits per heavy atom. The molecule has 1 rings (SSSR count). The van der Waals surface area contributed by atoms with Crippen LogP contribution in [0.4, 0.5) is 0 Å². The van der Waals surface area contributed by atoms with Crippen molar-refractivity contribution in [2.45, 2.75) is 70.2 Å². The second-order valence-corrected chi connectivity index (χ2v) is 7.10. The Bertz CT molecular complexity index is 278. The standard InChI is InChI=1S/C8H16O2.C6H14O3.C3H8O3/c1-7(9)5-3-4-6-8(7,2)10;1-2-6(3-7,4-8)5-9;4-1-3(6)2-5/h9-10H,3-6H2,1-2H3;7-9H,2-5H2,1H3;3-6H,1-2H2. The minimum atomic E-state index is -0.954. The minimum Gasteiger partial charge on any atom is -0.396 e. The summed E-state index contributed by atoms with van der Waals surface area (Å²) in [6.07, 6.45) is 3.15. The number of aliphatic hydroxyl groups excluding tert-OH is 6. The second-order valence-electron chi connectivity index (χ2n) is 7.10. The number of hydrogen-bond acceptors (Lipinski definition) is 8. The molecule has 8 heteroatoms. The van der Waals surface area contributed by atoms with E-state index in [2.05, 4.69) is 0 Å². The molecule has 8 N–H and O–H groups in total. The molecular weight excluding hydrogens is 332 g/mol. The molecule has 0 bridgehead atoms. The maximum atomic E-state index is 9.65. The van der Waals surface area contributed by atoms with Gasteiger partial charge in [-0.3, -0.25) is 0 Å². The van der Waals surface area contributed by atoms with Crippen molar-refractivity contribution in [3.63, 3.8) is 0 Å². The van der Waals surface area contributed by atoms with E-state index in [0.29, 0.717) is 6.42 Å². The lowest BCUT2D eigenvalue weighted by atomic mass is 9.74. The predicted octanol–water partition coefficient (Wildman–Crippen LogP) is -1.25. The summed E-state index contributed by atoms with van der Waals surface area (Å²) in [7, 11) is 0. The van der Waals surface area contributed by atoms with Crippen molar-refractivity contribution in [3.8, 4) is 0 Å². The molecule has 154 valence electrons. The van der Waals surface area contributed by atoms with Crippen molar-refractivity contribution in [1.29, 1.82) is 0 Å². The molecule has 0 aromatic heterocycles. The van der Waals surface area contributed by atoms with Gasteiger partial charge >= 0.3 is 0 Å². The van der Waals surface area contributed by atoms with E-state index in [1.165, 1.54) is 0 Å². The Labute approximate surface area is 150 Å². The van der Waals surface area contributed by atoms with Crippen LogP contribution in [0.3, 0.4) is 0 Å². The van der Waals surface area contributed by atoms with Gasteiger partial charge in [0.1, 0.15) is 6.10 Å². The zero-order valence-electron chi connectivity index (χ0n) is 15.7. The van der Waals surface area contributed by atoms with Crippen molar-refractivity contribution in [2.24, 2.45) is 5.41 Å². The second kappa shape index (κ2) is 12.9. The first-order chi connectivity index (χ1) is 11.5. The smallest absolute Gasteiger partial charge is 0.100 e. The van der Waals surface area contributed by atoms with Gasteiger partial charge in [-0.05, 0) is 33.1 Å². The van der Waals surface area contributed by atoms with Crippen molar-refractivity contribution in [3.05, 3.63) is 0 Å². The Balaban J connectivity index is 0. The summed E-state index contributed by atoms with van der Waals surface area (Å²) in [6.45, 7) is 4.05. The SMILES string of the molecule is CC1(O)CCCCC1(C)O.CCC(CO)(CO)CO.OCC(O)CO. The van der Waals surface area contributed by atoms with Crippen LogP contribution < -0.4 is 0 Å². The summed E-state index contributed by atoms with van der Waals surface area (Å²) >= 11 is 0. The minimum absolute atomic E-state index is 0.156. The first-order valence-corrected chi connectivity index (χ1v) is 8.68. The molecule has 0 heterocycles. The zero-order valence-corrected chi connectivity index (χ0v) is 15.7. The molecule has 0 spiro atoms. The van der Waals surface area contributed by atoms with E-state index in [0.717, 1.165) is 25.7 Å². The molecule has 2 atom stereocenters. The Kier molecular flexibility index (Phi) is 13.9. The number of hydrogen-bond donors (Lipinski definition) is 8. The van der Waals surface area contributed by atoms with Crippen LogP contribution in [0.5, 0.6) is 0 Å². The van der Waals surface area contributed by atoms with Gasteiger partial charge in [-0.2, -0.15) is 0 Å². The molecule has 0 aromatic carbocycles. The first-order valence-electron chi connectivity index (χ1n) is 8.68. The molecule has 1 saturated carbocycles. The van der Waals surface area contributed by atoms with Gasteiger partial charge in [-0.25, -0.2) is 0 Å². The normalized spacial score (nSPS) is 26.4. The van der Waals surface area contributed by atoms with Crippen LogP contribution in [0, 0.1) is 5.41 Å². The quantitative estimate of drug-likeness (QED) is 0.288. The average molecular weight is 370 g/mol. The Hall–Kier alpha value is -0.320. The summed E-state index contributed by atoms with van der Waals surface area (Å²) in [5.74, 6) is 0. The maximum Gasteiger partial charge on any atom is 0.100 e. The maximum absolute atomic E-state index is 9.65. The van der Waals surface area contributed by atoms with Crippen LogP contribution in [-0.4, -0.2) is 91.2 Å². The third-order valence-electron chi connectivity index (χ3n) is 4.92. The molecule has 25 heavy (non-hydrogen) atoms. The molecule has 0 aliphatic heterocycles. The van der Waals surface area contributed by atoms with Gasteiger partial charge in [0.15, 0.2) is 0 Å². The van der Waals surface area contributed by atoms with E-state index in [9.17, 15) is 10.2 Å². The van der Waals surface area contributed by atoms with Crippen LogP contribution in [0.1, 0.15) is 52.9 Å². The largest absolute Gasteiger partial charge is 0.396 e. The van der Waals surface area contributed by atoms with E-state index in [1.807, 2.05) is 6.92 Å². The molecular formula is C17H38O8. The van der Waals surface area contributed by atoms with E-state index < -0.39 is 22.7 Å². The fourth-order valence-corrected chi connectivity index (χ4v) is 2.02. The molecule has 1 aliphatic carbocycles. The van der Waals surface area contributed by atoms with Crippen LogP contribution in [0.2, 0.25) is 0 Å². The Morgan fingerprint density at radius 2 is 1.12 bits per heavy atom. The van der Waals surface area contributed by atoms with Crippen LogP contribution in [0.25, 0.3) is 0 Å². The van der Waals surface area contributed by atoms with Crippen molar-refractivity contribution in [2.75, 3.05) is 33.0 Å². The average Bonchev–Trinajstić information content (AvgIpc) is 2.60. The fraction of sp³-hybridized carbons (Fsp3) is 1.00. The topological polar surface area (TPSA) is 162 Å². The van der Waals surface area contributed by atoms with Gasteiger partial charge in [0.25, 0.3) is 0 Å². The predicted molar refractivity (Wildman–Crippen MR) is 93.9 cm³/mol. The molecule has 1 fully saturated rings. The van der Waals surface area contributed by atoms with E-state index in [1.54, 1.807) is 13.8 Å². The summed E-state index contributed by atoms with van der Waals surface area (Å²) in [6, 6.07) is 0. The molecule has 0 aromatic rings. The fourth-order valence-electron chi connectivity index (χ4n) is 2.02. The van der Waals surface area contributed by atoms with Gasteiger partial charge in [0, 0.05) is 5.41 Å². The highest BCUT2D eigenvalue weighted by atomic mass is 16.4. The van der Waals surface area contributed by atoms with Gasteiger partial charge in [-0.1, -0.05) is 19.8 Å². The molecule has 0 amide bonds. The highest BCUT2D eigenvalue weighted by molar-refractivity contribution is 4.96. The van der Waals surface area contributed by atoms with Crippen LogP contribution >= 0.6 is 0 Å². The molecule has 8 nitrogen and oxygen atoms in total. The van der Waals surface area contributed by atoms with Crippen molar-refractivity contribution >= 4 is 0 Å². The zero-order chi connectivity index (χ0) is 20.1. The van der Waals surface area contributed by atoms with E-state index >= 15 is 0 Å². The lowest BCUT2D eigenvalue weighted by molar-refractivity contribution is -0.153. The highest BCUT2D eigenvalue weighted by Gasteiger charge is 2.43. The van der Waals surface area contributed by atoms with Gasteiger partial charge in [0.05, 0.1) is 44.2 Å². The Morgan fingerprint density at radius 1 is 0.800 bits per heavy atom. The molecule has 0 saturated heterocycles. The monoisotopic (exact) mass is 370 g/mol. The first kappa shape index (κ1) is 26.9. The lowest BCUT2D eigenvalue weighted by Gasteiger charge is -2.42. The third kappa shape index (κ3) is 9.81. The molecule has 0 radical (unpaired) electrons. The molecule has 1 aliphatic rings. The third-order valence-corrected chi connectivity index (χ3v) is 4.92. The van der Waals surface area contributed by atoms with Gasteiger partial charge in [-0.15, -0.1) is 0 Å². The van der Waals surface area contributed by atoms with Crippen molar-refractivity contribution < 1.29 is 40.9 Å². The molecule has 2 unspecified atom stereocenters. The lowest BCUT2D eigenvalue weighted by Crippen LogP contribution is -2.51. The number of aliphatic hydroxyl groups is 8. The summed E-state index contributed by atoms with van der Waals surface area (Å²) in [5, 5.41) is 69.3. The van der Waals surface area contributed by atoms with Gasteiger partial charge in [0.2, 0.25) is 0 Å².